The highest BCUT2D eigenvalue weighted by Crippen LogP contribution is 2.28. The van der Waals surface area contributed by atoms with Crippen molar-refractivity contribution < 1.29 is 22.5 Å². The largest absolute Gasteiger partial charge is 0.433 e. The summed E-state index contributed by atoms with van der Waals surface area (Å²) >= 11 is 0. The zero-order chi connectivity index (χ0) is 15.7. The van der Waals surface area contributed by atoms with Crippen molar-refractivity contribution in [2.24, 2.45) is 0 Å². The third-order valence-corrected chi connectivity index (χ3v) is 3.52. The highest BCUT2D eigenvalue weighted by atomic mass is 19.4. The fourth-order valence-electron chi connectivity index (χ4n) is 2.38. The summed E-state index contributed by atoms with van der Waals surface area (Å²) in [5.41, 5.74) is -0.892. The molecular formula is C13H11F3N4O2. The van der Waals surface area contributed by atoms with Crippen LogP contribution in [0.1, 0.15) is 34.2 Å². The van der Waals surface area contributed by atoms with Crippen molar-refractivity contribution in [3.05, 3.63) is 41.8 Å². The van der Waals surface area contributed by atoms with E-state index in [1.807, 2.05) is 0 Å². The van der Waals surface area contributed by atoms with E-state index in [1.165, 1.54) is 6.39 Å². The lowest BCUT2D eigenvalue weighted by Gasteiger charge is -2.16. The Labute approximate surface area is 122 Å². The second kappa shape index (κ2) is 5.39. The van der Waals surface area contributed by atoms with Crippen molar-refractivity contribution in [1.82, 2.24) is 20.0 Å². The summed E-state index contributed by atoms with van der Waals surface area (Å²) < 4.78 is 42.0. The van der Waals surface area contributed by atoms with Crippen molar-refractivity contribution in [1.29, 1.82) is 0 Å². The van der Waals surface area contributed by atoms with Crippen LogP contribution in [0.4, 0.5) is 13.2 Å². The fraction of sp³-hybridized carbons (Fsp3) is 0.385. The lowest BCUT2D eigenvalue weighted by atomic mass is 10.1. The van der Waals surface area contributed by atoms with Gasteiger partial charge in [-0.2, -0.15) is 18.2 Å². The van der Waals surface area contributed by atoms with E-state index < -0.39 is 11.9 Å². The Bertz CT molecular complexity index is 655. The molecule has 3 heterocycles. The quantitative estimate of drug-likeness (QED) is 0.849. The molecular weight excluding hydrogens is 301 g/mol. The van der Waals surface area contributed by atoms with Crippen molar-refractivity contribution >= 4 is 5.91 Å². The third kappa shape index (κ3) is 2.78. The standard InChI is InChI=1S/C13H11F3N4O2/c14-13(15,16)10-2-1-8(5-17-10)12(21)20-4-3-9(6-20)11-18-7-22-19-11/h1-2,5,7,9H,3-4,6H2. The Morgan fingerprint density at radius 3 is 2.73 bits per heavy atom. The molecule has 2 aromatic rings. The normalized spacial score (nSPS) is 18.7. The molecule has 1 aliphatic heterocycles. The molecule has 0 N–H and O–H groups in total. The number of alkyl halides is 3. The van der Waals surface area contributed by atoms with Gasteiger partial charge in [0.15, 0.2) is 5.82 Å². The van der Waals surface area contributed by atoms with Crippen LogP contribution in [0.15, 0.2) is 29.2 Å². The lowest BCUT2D eigenvalue weighted by molar-refractivity contribution is -0.141. The highest BCUT2D eigenvalue weighted by molar-refractivity contribution is 5.94. The Morgan fingerprint density at radius 1 is 1.32 bits per heavy atom. The predicted molar refractivity (Wildman–Crippen MR) is 66.8 cm³/mol. The summed E-state index contributed by atoms with van der Waals surface area (Å²) in [5.74, 6) is 0.151. The average Bonchev–Trinajstić information content (AvgIpc) is 3.16. The number of hydrogen-bond acceptors (Lipinski definition) is 5. The molecule has 1 aliphatic rings. The second-order valence-electron chi connectivity index (χ2n) is 4.96. The molecule has 1 saturated heterocycles. The monoisotopic (exact) mass is 312 g/mol. The van der Waals surface area contributed by atoms with E-state index in [4.69, 9.17) is 0 Å². The number of carbonyl (C=O) groups is 1. The number of amides is 1. The zero-order valence-electron chi connectivity index (χ0n) is 11.2. The molecule has 1 fully saturated rings. The first kappa shape index (κ1) is 14.5. The van der Waals surface area contributed by atoms with E-state index in [9.17, 15) is 18.0 Å². The minimum atomic E-state index is -4.51. The van der Waals surface area contributed by atoms with Gasteiger partial charge in [-0.3, -0.25) is 9.78 Å². The minimum Gasteiger partial charge on any atom is -0.343 e. The summed E-state index contributed by atoms with van der Waals surface area (Å²) in [6, 6.07) is 1.94. The lowest BCUT2D eigenvalue weighted by Crippen LogP contribution is -2.28. The van der Waals surface area contributed by atoms with Crippen LogP contribution >= 0.6 is 0 Å². The number of aromatic nitrogens is 3. The Kier molecular flexibility index (Phi) is 3.55. The van der Waals surface area contributed by atoms with Gasteiger partial charge in [0.25, 0.3) is 5.91 Å². The Morgan fingerprint density at radius 2 is 2.14 bits per heavy atom. The van der Waals surface area contributed by atoms with Crippen LogP contribution in [0.25, 0.3) is 0 Å². The Hall–Kier alpha value is -2.45. The van der Waals surface area contributed by atoms with Crippen LogP contribution in [0.5, 0.6) is 0 Å². The minimum absolute atomic E-state index is 0.0230. The number of pyridine rings is 1. The van der Waals surface area contributed by atoms with E-state index in [1.54, 1.807) is 4.90 Å². The van der Waals surface area contributed by atoms with Gasteiger partial charge in [0.1, 0.15) is 5.69 Å². The summed E-state index contributed by atoms with van der Waals surface area (Å²) in [6.07, 6.45) is -1.66. The number of likely N-dealkylation sites (tertiary alicyclic amines) is 1. The molecule has 9 heteroatoms. The maximum absolute atomic E-state index is 12.4. The zero-order valence-corrected chi connectivity index (χ0v) is 11.2. The molecule has 0 aromatic carbocycles. The van der Waals surface area contributed by atoms with Crippen LogP contribution < -0.4 is 0 Å². The topological polar surface area (TPSA) is 72.1 Å². The van der Waals surface area contributed by atoms with Gasteiger partial charge in [-0.15, -0.1) is 0 Å². The van der Waals surface area contributed by atoms with E-state index in [2.05, 4.69) is 19.6 Å². The molecule has 1 atom stereocenters. The molecule has 3 rings (SSSR count). The molecule has 0 spiro atoms. The van der Waals surface area contributed by atoms with Gasteiger partial charge in [-0.25, -0.2) is 0 Å². The second-order valence-corrected chi connectivity index (χ2v) is 4.96. The van der Waals surface area contributed by atoms with Gasteiger partial charge >= 0.3 is 6.18 Å². The average molecular weight is 312 g/mol. The molecule has 1 unspecified atom stereocenters. The molecule has 0 radical (unpaired) electrons. The van der Waals surface area contributed by atoms with Gasteiger partial charge in [-0.1, -0.05) is 5.16 Å². The SMILES string of the molecule is O=C(c1ccc(C(F)(F)F)nc1)N1CCC(c2ncon2)C1. The number of nitrogens with zero attached hydrogens (tertiary/aromatic N) is 4. The summed E-state index contributed by atoms with van der Waals surface area (Å²) in [7, 11) is 0. The summed E-state index contributed by atoms with van der Waals surface area (Å²) in [6.45, 7) is 0.887. The van der Waals surface area contributed by atoms with Crippen molar-refractivity contribution in [3.63, 3.8) is 0 Å². The first-order valence-electron chi connectivity index (χ1n) is 6.54. The van der Waals surface area contributed by atoms with E-state index in [0.29, 0.717) is 25.3 Å². The molecule has 0 saturated carbocycles. The molecule has 6 nitrogen and oxygen atoms in total. The van der Waals surface area contributed by atoms with Crippen LogP contribution in [0, 0.1) is 0 Å². The van der Waals surface area contributed by atoms with Crippen LogP contribution in [-0.4, -0.2) is 39.0 Å². The van der Waals surface area contributed by atoms with Gasteiger partial charge in [-0.05, 0) is 18.6 Å². The number of hydrogen-bond donors (Lipinski definition) is 0. The molecule has 116 valence electrons. The summed E-state index contributed by atoms with van der Waals surface area (Å²) in [5, 5.41) is 3.74. The molecule has 0 aliphatic carbocycles. The maximum atomic E-state index is 12.4. The smallest absolute Gasteiger partial charge is 0.343 e. The van der Waals surface area contributed by atoms with Crippen molar-refractivity contribution in [3.8, 4) is 0 Å². The fourth-order valence-corrected chi connectivity index (χ4v) is 2.38. The van der Waals surface area contributed by atoms with Crippen LogP contribution in [-0.2, 0) is 6.18 Å². The van der Waals surface area contributed by atoms with Crippen molar-refractivity contribution in [2.75, 3.05) is 13.1 Å². The Balaban J connectivity index is 1.70. The molecule has 0 bridgehead atoms. The van der Waals surface area contributed by atoms with Gasteiger partial charge in [0.2, 0.25) is 6.39 Å². The van der Waals surface area contributed by atoms with Crippen LogP contribution in [0.2, 0.25) is 0 Å². The molecule has 2 aromatic heterocycles. The van der Waals surface area contributed by atoms with Crippen LogP contribution in [0.3, 0.4) is 0 Å². The number of halogens is 3. The summed E-state index contributed by atoms with van der Waals surface area (Å²) in [4.78, 5) is 21.1. The highest BCUT2D eigenvalue weighted by Gasteiger charge is 2.33. The first-order chi connectivity index (χ1) is 10.4. The van der Waals surface area contributed by atoms with Gasteiger partial charge in [0.05, 0.1) is 5.56 Å². The van der Waals surface area contributed by atoms with Crippen molar-refractivity contribution in [2.45, 2.75) is 18.5 Å². The van der Waals surface area contributed by atoms with Gasteiger partial charge < -0.3 is 9.42 Å². The van der Waals surface area contributed by atoms with Gasteiger partial charge in [0, 0.05) is 25.2 Å². The van der Waals surface area contributed by atoms with E-state index in [0.717, 1.165) is 18.3 Å². The number of rotatable bonds is 2. The molecule has 22 heavy (non-hydrogen) atoms. The maximum Gasteiger partial charge on any atom is 0.433 e. The molecule has 1 amide bonds. The predicted octanol–water partition coefficient (Wildman–Crippen LogP) is 2.11. The first-order valence-corrected chi connectivity index (χ1v) is 6.54. The van der Waals surface area contributed by atoms with E-state index >= 15 is 0 Å². The number of carbonyl (C=O) groups excluding carboxylic acids is 1. The van der Waals surface area contributed by atoms with E-state index in [-0.39, 0.29) is 17.4 Å². The third-order valence-electron chi connectivity index (χ3n) is 3.52.